The van der Waals surface area contributed by atoms with Crippen molar-refractivity contribution < 1.29 is 19.5 Å². The van der Waals surface area contributed by atoms with Gasteiger partial charge in [0.25, 0.3) is 0 Å². The van der Waals surface area contributed by atoms with Gasteiger partial charge >= 0.3 is 12.0 Å². The summed E-state index contributed by atoms with van der Waals surface area (Å²) < 4.78 is 0. The first-order valence-electron chi connectivity index (χ1n) is 5.42. The molecule has 9 heteroatoms. The zero-order valence-corrected chi connectivity index (χ0v) is 10.8. The summed E-state index contributed by atoms with van der Waals surface area (Å²) in [5.41, 5.74) is 6.56. The fourth-order valence-corrected chi connectivity index (χ4v) is 1.78. The average molecular weight is 286 g/mol. The molecule has 0 radical (unpaired) electrons. The van der Waals surface area contributed by atoms with E-state index in [2.05, 4.69) is 15.6 Å². The van der Waals surface area contributed by atoms with E-state index in [1.807, 2.05) is 0 Å². The Balaban J connectivity index is 2.38. The fraction of sp³-hybridized carbons (Fsp3) is 0.400. The summed E-state index contributed by atoms with van der Waals surface area (Å²) in [6, 6.07) is -1.76. The minimum Gasteiger partial charge on any atom is -0.480 e. The highest BCUT2D eigenvalue weighted by Crippen LogP contribution is 2.04. The zero-order chi connectivity index (χ0) is 14.3. The van der Waals surface area contributed by atoms with E-state index in [1.54, 1.807) is 11.7 Å². The fourth-order valence-electron chi connectivity index (χ4n) is 1.25. The number of carboxylic acid groups (broad SMARTS) is 1. The number of carbonyl (C=O) groups is 3. The number of thiazole rings is 1. The summed E-state index contributed by atoms with van der Waals surface area (Å²) in [6.45, 7) is 0.263. The predicted octanol–water partition coefficient (Wildman–Crippen LogP) is -0.339. The first-order chi connectivity index (χ1) is 8.99. The third kappa shape index (κ3) is 5.82. The Hall–Kier alpha value is -2.16. The number of aliphatic carboxylic acids is 1. The summed E-state index contributed by atoms with van der Waals surface area (Å²) >= 11 is 1.37. The molecule has 1 aromatic rings. The van der Waals surface area contributed by atoms with Gasteiger partial charge < -0.3 is 21.5 Å². The topological polar surface area (TPSA) is 134 Å². The maximum Gasteiger partial charge on any atom is 0.326 e. The number of urea groups is 1. The maximum atomic E-state index is 11.5. The molecule has 0 saturated carbocycles. The molecule has 0 aliphatic heterocycles. The molecule has 0 fully saturated rings. The van der Waals surface area contributed by atoms with Gasteiger partial charge in [-0.2, -0.15) is 0 Å². The summed E-state index contributed by atoms with van der Waals surface area (Å²) in [5, 5.41) is 13.6. The monoisotopic (exact) mass is 286 g/mol. The third-order valence-corrected chi connectivity index (χ3v) is 2.97. The van der Waals surface area contributed by atoms with E-state index in [9.17, 15) is 14.4 Å². The van der Waals surface area contributed by atoms with Gasteiger partial charge in [0.05, 0.1) is 12.1 Å². The number of amides is 3. The largest absolute Gasteiger partial charge is 0.480 e. The number of carbonyl (C=O) groups excluding carboxylic acids is 2. The number of nitrogens with zero attached hydrogens (tertiary/aromatic N) is 1. The first-order valence-corrected chi connectivity index (χ1v) is 6.30. The number of carboxylic acids is 1. The molecule has 0 saturated heterocycles. The van der Waals surface area contributed by atoms with Crippen LogP contribution in [0.15, 0.2) is 11.7 Å². The van der Waals surface area contributed by atoms with E-state index in [0.29, 0.717) is 0 Å². The lowest BCUT2D eigenvalue weighted by molar-refractivity contribution is -0.139. The smallest absolute Gasteiger partial charge is 0.326 e. The second kappa shape index (κ2) is 7.31. The number of rotatable bonds is 7. The Labute approximate surface area is 113 Å². The number of nitrogens with one attached hydrogen (secondary N) is 2. The number of nitrogens with two attached hydrogens (primary N) is 1. The standard InChI is InChI=1S/C10H14N4O4S/c11-8(15)2-1-7(9(16)17)14-10(18)13-4-6-3-12-5-19-6/h3,5,7H,1-2,4H2,(H2,11,15)(H,16,17)(H2,13,14,18)/t7-/m1/s1. The van der Waals surface area contributed by atoms with Crippen molar-refractivity contribution in [3.8, 4) is 0 Å². The van der Waals surface area contributed by atoms with Crippen LogP contribution in [-0.4, -0.2) is 34.0 Å². The molecule has 0 aliphatic rings. The second-order valence-electron chi connectivity index (χ2n) is 3.69. The van der Waals surface area contributed by atoms with Crippen LogP contribution in [0.1, 0.15) is 17.7 Å². The molecule has 1 aromatic heterocycles. The van der Waals surface area contributed by atoms with E-state index in [1.165, 1.54) is 11.3 Å². The molecule has 5 N–H and O–H groups in total. The molecule has 0 unspecified atom stereocenters. The van der Waals surface area contributed by atoms with Gasteiger partial charge in [0, 0.05) is 17.5 Å². The zero-order valence-electron chi connectivity index (χ0n) is 9.96. The number of hydrogen-bond donors (Lipinski definition) is 4. The van der Waals surface area contributed by atoms with Crippen LogP contribution in [0.2, 0.25) is 0 Å². The van der Waals surface area contributed by atoms with Crippen LogP contribution >= 0.6 is 11.3 Å². The van der Waals surface area contributed by atoms with Gasteiger partial charge in [0.15, 0.2) is 0 Å². The highest BCUT2D eigenvalue weighted by atomic mass is 32.1. The SMILES string of the molecule is NC(=O)CC[C@@H](NC(=O)NCc1cncs1)C(=O)O. The molecular formula is C10H14N4O4S. The number of primary amides is 1. The van der Waals surface area contributed by atoms with Crippen LogP contribution in [-0.2, 0) is 16.1 Å². The molecule has 0 aromatic carbocycles. The Bertz CT molecular complexity index is 448. The van der Waals surface area contributed by atoms with Gasteiger partial charge in [-0.25, -0.2) is 9.59 Å². The van der Waals surface area contributed by atoms with Crippen molar-refractivity contribution in [1.29, 1.82) is 0 Å². The quantitative estimate of drug-likeness (QED) is 0.544. The first kappa shape index (κ1) is 14.9. The highest BCUT2D eigenvalue weighted by molar-refractivity contribution is 7.09. The Kier molecular flexibility index (Phi) is 5.73. The Morgan fingerprint density at radius 2 is 2.21 bits per heavy atom. The van der Waals surface area contributed by atoms with E-state index >= 15 is 0 Å². The molecule has 3 amide bonds. The van der Waals surface area contributed by atoms with Crippen LogP contribution in [0.5, 0.6) is 0 Å². The molecule has 8 nitrogen and oxygen atoms in total. The highest BCUT2D eigenvalue weighted by Gasteiger charge is 2.20. The third-order valence-electron chi connectivity index (χ3n) is 2.19. The van der Waals surface area contributed by atoms with Crippen LogP contribution in [0.25, 0.3) is 0 Å². The van der Waals surface area contributed by atoms with Crippen LogP contribution in [0, 0.1) is 0 Å². The molecule has 1 atom stereocenters. The van der Waals surface area contributed by atoms with Gasteiger partial charge in [-0.1, -0.05) is 0 Å². The lowest BCUT2D eigenvalue weighted by Crippen LogP contribution is -2.46. The normalized spacial score (nSPS) is 11.6. The van der Waals surface area contributed by atoms with E-state index in [0.717, 1.165) is 4.88 Å². The lowest BCUT2D eigenvalue weighted by Gasteiger charge is -2.14. The van der Waals surface area contributed by atoms with Crippen molar-refractivity contribution in [3.63, 3.8) is 0 Å². The Morgan fingerprint density at radius 3 is 2.74 bits per heavy atom. The van der Waals surface area contributed by atoms with Crippen LogP contribution in [0.4, 0.5) is 4.79 Å². The summed E-state index contributed by atoms with van der Waals surface area (Å²) in [7, 11) is 0. The maximum absolute atomic E-state index is 11.5. The summed E-state index contributed by atoms with van der Waals surface area (Å²) in [6.07, 6.45) is 1.46. The molecule has 1 heterocycles. The van der Waals surface area contributed by atoms with Gasteiger partial charge in [0.1, 0.15) is 6.04 Å². The van der Waals surface area contributed by atoms with Gasteiger partial charge in [-0.05, 0) is 6.42 Å². The van der Waals surface area contributed by atoms with Crippen molar-refractivity contribution in [2.24, 2.45) is 5.73 Å². The predicted molar refractivity (Wildman–Crippen MR) is 67.3 cm³/mol. The van der Waals surface area contributed by atoms with Crippen molar-refractivity contribution in [1.82, 2.24) is 15.6 Å². The van der Waals surface area contributed by atoms with Gasteiger partial charge in [0.2, 0.25) is 5.91 Å². The molecular weight excluding hydrogens is 272 g/mol. The van der Waals surface area contributed by atoms with Gasteiger partial charge in [-0.3, -0.25) is 9.78 Å². The molecule has 1 rings (SSSR count). The van der Waals surface area contributed by atoms with Crippen LogP contribution < -0.4 is 16.4 Å². The molecule has 104 valence electrons. The molecule has 0 spiro atoms. The second-order valence-corrected chi connectivity index (χ2v) is 4.66. The minimum absolute atomic E-state index is 0.0430. The Morgan fingerprint density at radius 1 is 1.47 bits per heavy atom. The molecule has 19 heavy (non-hydrogen) atoms. The van der Waals surface area contributed by atoms with Crippen molar-refractivity contribution in [2.45, 2.75) is 25.4 Å². The number of aromatic nitrogens is 1. The minimum atomic E-state index is -1.21. The van der Waals surface area contributed by atoms with Crippen molar-refractivity contribution in [2.75, 3.05) is 0 Å². The summed E-state index contributed by atoms with van der Waals surface area (Å²) in [4.78, 5) is 37.6. The lowest BCUT2D eigenvalue weighted by atomic mass is 10.1. The van der Waals surface area contributed by atoms with Crippen LogP contribution in [0.3, 0.4) is 0 Å². The molecule has 0 aliphatic carbocycles. The van der Waals surface area contributed by atoms with Crippen molar-refractivity contribution in [3.05, 3.63) is 16.6 Å². The average Bonchev–Trinajstić information content (AvgIpc) is 2.84. The van der Waals surface area contributed by atoms with E-state index in [-0.39, 0.29) is 19.4 Å². The molecule has 0 bridgehead atoms. The van der Waals surface area contributed by atoms with Gasteiger partial charge in [-0.15, -0.1) is 11.3 Å². The van der Waals surface area contributed by atoms with Crippen molar-refractivity contribution >= 4 is 29.2 Å². The van der Waals surface area contributed by atoms with E-state index in [4.69, 9.17) is 10.8 Å². The van der Waals surface area contributed by atoms with E-state index < -0.39 is 23.9 Å². The number of hydrogen-bond acceptors (Lipinski definition) is 5. The summed E-state index contributed by atoms with van der Waals surface area (Å²) in [5.74, 6) is -1.83.